The Hall–Kier alpha value is -1.47. The Balaban J connectivity index is 3.26. The van der Waals surface area contributed by atoms with Gasteiger partial charge in [0.25, 0.3) is 5.91 Å². The van der Waals surface area contributed by atoms with Crippen LogP contribution in [0.1, 0.15) is 24.2 Å². The molecule has 0 saturated heterocycles. The topological polar surface area (TPSA) is 80.5 Å². The molecular formula is C11H15FN2O3S. The van der Waals surface area contributed by atoms with Crippen molar-refractivity contribution < 1.29 is 17.6 Å². The van der Waals surface area contributed by atoms with Gasteiger partial charge in [-0.25, -0.2) is 17.9 Å². The Labute approximate surface area is 105 Å². The van der Waals surface area contributed by atoms with Crippen LogP contribution in [0.4, 0.5) is 4.39 Å². The zero-order valence-electron chi connectivity index (χ0n) is 10.2. The van der Waals surface area contributed by atoms with E-state index in [0.29, 0.717) is 13.1 Å². The number of benzene rings is 1. The van der Waals surface area contributed by atoms with Gasteiger partial charge in [-0.05, 0) is 32.0 Å². The summed E-state index contributed by atoms with van der Waals surface area (Å²) in [7, 11) is -4.03. The van der Waals surface area contributed by atoms with E-state index in [2.05, 4.69) is 0 Å². The molecule has 0 atom stereocenters. The number of nitrogens with two attached hydrogens (primary N) is 1. The highest BCUT2D eigenvalue weighted by Crippen LogP contribution is 2.15. The molecule has 5 nitrogen and oxygen atoms in total. The average molecular weight is 274 g/mol. The molecule has 0 heterocycles. The summed E-state index contributed by atoms with van der Waals surface area (Å²) >= 11 is 0. The van der Waals surface area contributed by atoms with Crippen molar-refractivity contribution in [3.63, 3.8) is 0 Å². The maximum atomic E-state index is 13.3. The molecule has 1 amide bonds. The third-order valence-corrected chi connectivity index (χ3v) is 3.39. The summed E-state index contributed by atoms with van der Waals surface area (Å²) < 4.78 is 35.6. The molecule has 0 unspecified atom stereocenters. The minimum Gasteiger partial charge on any atom is -0.339 e. The molecule has 0 radical (unpaired) electrons. The molecule has 0 aliphatic carbocycles. The van der Waals surface area contributed by atoms with Crippen molar-refractivity contribution in [1.29, 1.82) is 0 Å². The first kappa shape index (κ1) is 14.6. The van der Waals surface area contributed by atoms with Crippen molar-refractivity contribution in [2.24, 2.45) is 5.14 Å². The Morgan fingerprint density at radius 3 is 2.28 bits per heavy atom. The van der Waals surface area contributed by atoms with Crippen LogP contribution in [0.3, 0.4) is 0 Å². The first-order valence-corrected chi connectivity index (χ1v) is 6.96. The van der Waals surface area contributed by atoms with Gasteiger partial charge in [-0.15, -0.1) is 0 Å². The molecule has 0 bridgehead atoms. The number of hydrogen-bond acceptors (Lipinski definition) is 3. The van der Waals surface area contributed by atoms with E-state index >= 15 is 0 Å². The number of amides is 1. The lowest BCUT2D eigenvalue weighted by Crippen LogP contribution is -2.30. The number of carbonyl (C=O) groups is 1. The van der Waals surface area contributed by atoms with Crippen LogP contribution >= 0.6 is 0 Å². The van der Waals surface area contributed by atoms with Gasteiger partial charge >= 0.3 is 0 Å². The molecule has 0 aliphatic rings. The zero-order chi connectivity index (χ0) is 13.9. The van der Waals surface area contributed by atoms with Gasteiger partial charge < -0.3 is 4.90 Å². The summed E-state index contributed by atoms with van der Waals surface area (Å²) in [6, 6.07) is 2.86. The Morgan fingerprint density at radius 2 is 1.83 bits per heavy atom. The lowest BCUT2D eigenvalue weighted by Gasteiger charge is -2.18. The smallest absolute Gasteiger partial charge is 0.253 e. The quantitative estimate of drug-likeness (QED) is 0.887. The molecule has 2 N–H and O–H groups in total. The predicted octanol–water partition coefficient (Wildman–Crippen LogP) is 0.955. The van der Waals surface area contributed by atoms with E-state index < -0.39 is 26.6 Å². The number of sulfonamides is 1. The molecule has 0 saturated carbocycles. The molecule has 1 aromatic carbocycles. The minimum absolute atomic E-state index is 0.0253. The number of carbonyl (C=O) groups excluding carboxylic acids is 1. The predicted molar refractivity (Wildman–Crippen MR) is 65.0 cm³/mol. The first-order valence-electron chi connectivity index (χ1n) is 5.42. The van der Waals surface area contributed by atoms with Crippen LogP contribution in [-0.2, 0) is 10.0 Å². The van der Waals surface area contributed by atoms with Gasteiger partial charge in [-0.3, -0.25) is 4.79 Å². The Kier molecular flexibility index (Phi) is 4.42. The van der Waals surface area contributed by atoms with Gasteiger partial charge in [-0.1, -0.05) is 0 Å². The normalized spacial score (nSPS) is 11.3. The molecule has 1 aromatic rings. The lowest BCUT2D eigenvalue weighted by molar-refractivity contribution is 0.0772. The third-order valence-electron chi connectivity index (χ3n) is 2.50. The maximum Gasteiger partial charge on any atom is 0.253 e. The molecular weight excluding hydrogens is 259 g/mol. The summed E-state index contributed by atoms with van der Waals surface area (Å²) in [6.07, 6.45) is 0. The van der Waals surface area contributed by atoms with Crippen LogP contribution in [0.5, 0.6) is 0 Å². The van der Waals surface area contributed by atoms with E-state index in [-0.39, 0.29) is 5.56 Å². The van der Waals surface area contributed by atoms with Crippen LogP contribution in [0.25, 0.3) is 0 Å². The van der Waals surface area contributed by atoms with Crippen molar-refractivity contribution in [1.82, 2.24) is 4.90 Å². The number of primary sulfonamides is 1. The lowest BCUT2D eigenvalue weighted by atomic mass is 10.2. The van der Waals surface area contributed by atoms with Gasteiger partial charge in [-0.2, -0.15) is 0 Å². The molecule has 100 valence electrons. The van der Waals surface area contributed by atoms with Crippen molar-refractivity contribution in [2.45, 2.75) is 18.7 Å². The van der Waals surface area contributed by atoms with Crippen LogP contribution in [0.2, 0.25) is 0 Å². The van der Waals surface area contributed by atoms with Gasteiger partial charge in [0.1, 0.15) is 5.82 Å². The fourth-order valence-corrected chi connectivity index (χ4v) is 2.11. The summed E-state index contributed by atoms with van der Waals surface area (Å²) in [6.45, 7) is 4.47. The van der Waals surface area contributed by atoms with Crippen LogP contribution in [0, 0.1) is 5.82 Å². The second-order valence-corrected chi connectivity index (χ2v) is 5.26. The standard InChI is InChI=1S/C11H15FN2O3S/c1-3-14(4-2)11(15)8-5-9(12)7-10(6-8)18(13,16)17/h5-7H,3-4H2,1-2H3,(H2,13,16,17). The van der Waals surface area contributed by atoms with Crippen molar-refractivity contribution in [3.8, 4) is 0 Å². The number of nitrogens with zero attached hydrogens (tertiary/aromatic N) is 1. The molecule has 1 rings (SSSR count). The van der Waals surface area contributed by atoms with E-state index in [1.807, 2.05) is 0 Å². The summed E-state index contributed by atoms with van der Waals surface area (Å²) in [5, 5.41) is 4.92. The van der Waals surface area contributed by atoms with Crippen molar-refractivity contribution >= 4 is 15.9 Å². The Morgan fingerprint density at radius 1 is 1.28 bits per heavy atom. The molecule has 18 heavy (non-hydrogen) atoms. The van der Waals surface area contributed by atoms with Gasteiger partial charge in [0.2, 0.25) is 10.0 Å². The van der Waals surface area contributed by atoms with Gasteiger partial charge in [0, 0.05) is 18.7 Å². The van der Waals surface area contributed by atoms with Crippen LogP contribution in [0.15, 0.2) is 23.1 Å². The first-order chi connectivity index (χ1) is 8.29. The third kappa shape index (κ3) is 3.27. The summed E-state index contributed by atoms with van der Waals surface area (Å²) in [5.41, 5.74) is -0.0253. The SMILES string of the molecule is CCN(CC)C(=O)c1cc(F)cc(S(N)(=O)=O)c1. The fourth-order valence-electron chi connectivity index (χ4n) is 1.54. The monoisotopic (exact) mass is 274 g/mol. The molecule has 0 aromatic heterocycles. The highest BCUT2D eigenvalue weighted by Gasteiger charge is 2.17. The Bertz CT molecular complexity index is 553. The largest absolute Gasteiger partial charge is 0.339 e. The summed E-state index contributed by atoms with van der Waals surface area (Å²) in [5.74, 6) is -1.23. The van der Waals surface area contributed by atoms with E-state index in [1.54, 1.807) is 13.8 Å². The second-order valence-electron chi connectivity index (χ2n) is 3.70. The second kappa shape index (κ2) is 5.45. The van der Waals surface area contributed by atoms with E-state index in [4.69, 9.17) is 5.14 Å². The highest BCUT2D eigenvalue weighted by molar-refractivity contribution is 7.89. The van der Waals surface area contributed by atoms with Crippen molar-refractivity contribution in [2.75, 3.05) is 13.1 Å². The van der Waals surface area contributed by atoms with Gasteiger partial charge in [0.15, 0.2) is 0 Å². The maximum absolute atomic E-state index is 13.3. The van der Waals surface area contributed by atoms with E-state index in [0.717, 1.165) is 18.2 Å². The van der Waals surface area contributed by atoms with Crippen molar-refractivity contribution in [3.05, 3.63) is 29.6 Å². The zero-order valence-corrected chi connectivity index (χ0v) is 11.0. The highest BCUT2D eigenvalue weighted by atomic mass is 32.2. The molecule has 0 aliphatic heterocycles. The van der Waals surface area contributed by atoms with E-state index in [9.17, 15) is 17.6 Å². The number of hydrogen-bond donors (Lipinski definition) is 1. The minimum atomic E-state index is -4.03. The van der Waals surface area contributed by atoms with Crippen LogP contribution in [-0.4, -0.2) is 32.3 Å². The van der Waals surface area contributed by atoms with Gasteiger partial charge in [0.05, 0.1) is 4.90 Å². The molecule has 0 spiro atoms. The fraction of sp³-hybridized carbons (Fsp3) is 0.364. The van der Waals surface area contributed by atoms with E-state index in [1.165, 1.54) is 4.90 Å². The molecule has 0 fully saturated rings. The number of halogens is 1. The summed E-state index contributed by atoms with van der Waals surface area (Å²) in [4.78, 5) is 13.0. The molecule has 7 heteroatoms. The average Bonchev–Trinajstić information content (AvgIpc) is 2.28. The van der Waals surface area contributed by atoms with Crippen LogP contribution < -0.4 is 5.14 Å². The number of rotatable bonds is 4.